The van der Waals surface area contributed by atoms with Crippen LogP contribution >= 0.6 is 0 Å². The SMILES string of the molecule is CCC(C)C(O)(C#Cc1ccccc1)C(C)C. The maximum absolute atomic E-state index is 10.6. The van der Waals surface area contributed by atoms with Crippen LogP contribution in [-0.4, -0.2) is 10.7 Å². The third-order valence-electron chi connectivity index (χ3n) is 3.42. The van der Waals surface area contributed by atoms with E-state index in [1.165, 1.54) is 0 Å². The predicted molar refractivity (Wildman–Crippen MR) is 72.6 cm³/mol. The Labute approximate surface area is 105 Å². The van der Waals surface area contributed by atoms with E-state index in [0.717, 1.165) is 12.0 Å². The Morgan fingerprint density at radius 3 is 2.24 bits per heavy atom. The fraction of sp³-hybridized carbons (Fsp3) is 0.500. The number of hydrogen-bond acceptors (Lipinski definition) is 1. The van der Waals surface area contributed by atoms with Gasteiger partial charge in [0, 0.05) is 5.56 Å². The first kappa shape index (κ1) is 13.8. The first-order valence-corrected chi connectivity index (χ1v) is 6.31. The average molecular weight is 230 g/mol. The molecule has 0 bridgehead atoms. The van der Waals surface area contributed by atoms with Gasteiger partial charge in [-0.15, -0.1) is 0 Å². The van der Waals surface area contributed by atoms with Gasteiger partial charge in [0.2, 0.25) is 0 Å². The lowest BCUT2D eigenvalue weighted by Crippen LogP contribution is -2.40. The summed E-state index contributed by atoms with van der Waals surface area (Å²) in [6.07, 6.45) is 0.929. The maximum Gasteiger partial charge on any atom is 0.130 e. The Morgan fingerprint density at radius 1 is 1.18 bits per heavy atom. The summed E-state index contributed by atoms with van der Waals surface area (Å²) in [7, 11) is 0. The van der Waals surface area contributed by atoms with Crippen molar-refractivity contribution in [2.75, 3.05) is 0 Å². The molecule has 0 fully saturated rings. The third kappa shape index (κ3) is 3.35. The minimum Gasteiger partial charge on any atom is -0.377 e. The fourth-order valence-electron chi connectivity index (χ4n) is 1.84. The molecule has 1 aromatic rings. The van der Waals surface area contributed by atoms with E-state index in [2.05, 4.69) is 25.7 Å². The van der Waals surface area contributed by atoms with Gasteiger partial charge in [0.15, 0.2) is 0 Å². The molecule has 2 atom stereocenters. The van der Waals surface area contributed by atoms with Gasteiger partial charge >= 0.3 is 0 Å². The van der Waals surface area contributed by atoms with Crippen LogP contribution in [-0.2, 0) is 0 Å². The van der Waals surface area contributed by atoms with Gasteiger partial charge in [-0.1, -0.05) is 57.7 Å². The molecule has 2 unspecified atom stereocenters. The molecule has 0 aliphatic carbocycles. The molecule has 0 aliphatic heterocycles. The highest BCUT2D eigenvalue weighted by Gasteiger charge is 2.34. The highest BCUT2D eigenvalue weighted by molar-refractivity contribution is 5.36. The van der Waals surface area contributed by atoms with Gasteiger partial charge in [-0.3, -0.25) is 0 Å². The Morgan fingerprint density at radius 2 is 1.76 bits per heavy atom. The summed E-state index contributed by atoms with van der Waals surface area (Å²) >= 11 is 0. The Bertz CT molecular complexity index is 397. The van der Waals surface area contributed by atoms with Crippen LogP contribution in [0.3, 0.4) is 0 Å². The standard InChI is InChI=1S/C16H22O/c1-5-14(4)16(17,13(2)3)12-11-15-9-7-6-8-10-15/h6-10,13-14,17H,5H2,1-4H3. The van der Waals surface area contributed by atoms with Crippen LogP contribution in [0.2, 0.25) is 0 Å². The van der Waals surface area contributed by atoms with E-state index in [-0.39, 0.29) is 11.8 Å². The molecule has 0 aromatic heterocycles. The van der Waals surface area contributed by atoms with Gasteiger partial charge in [0.25, 0.3) is 0 Å². The van der Waals surface area contributed by atoms with E-state index in [9.17, 15) is 5.11 Å². The van der Waals surface area contributed by atoms with Gasteiger partial charge in [-0.2, -0.15) is 0 Å². The molecule has 1 rings (SSSR count). The second-order valence-electron chi connectivity index (χ2n) is 4.91. The molecular formula is C16H22O. The molecule has 17 heavy (non-hydrogen) atoms. The molecular weight excluding hydrogens is 208 g/mol. The Hall–Kier alpha value is -1.26. The van der Waals surface area contributed by atoms with Crippen molar-refractivity contribution in [3.05, 3.63) is 35.9 Å². The van der Waals surface area contributed by atoms with Crippen LogP contribution in [0.4, 0.5) is 0 Å². The quantitative estimate of drug-likeness (QED) is 0.788. The monoisotopic (exact) mass is 230 g/mol. The second kappa shape index (κ2) is 5.89. The minimum atomic E-state index is -0.898. The molecule has 0 amide bonds. The summed E-state index contributed by atoms with van der Waals surface area (Å²) in [6, 6.07) is 9.81. The maximum atomic E-state index is 10.6. The smallest absolute Gasteiger partial charge is 0.130 e. The number of rotatable bonds is 3. The molecule has 0 aliphatic rings. The van der Waals surface area contributed by atoms with Crippen LogP contribution in [0.5, 0.6) is 0 Å². The summed E-state index contributed by atoms with van der Waals surface area (Å²) in [4.78, 5) is 0. The van der Waals surface area contributed by atoms with Crippen molar-refractivity contribution in [2.24, 2.45) is 11.8 Å². The van der Waals surface area contributed by atoms with Crippen molar-refractivity contribution >= 4 is 0 Å². The van der Waals surface area contributed by atoms with E-state index in [4.69, 9.17) is 0 Å². The van der Waals surface area contributed by atoms with Crippen LogP contribution in [0.15, 0.2) is 30.3 Å². The van der Waals surface area contributed by atoms with Crippen LogP contribution in [0.25, 0.3) is 0 Å². The van der Waals surface area contributed by atoms with Gasteiger partial charge in [-0.25, -0.2) is 0 Å². The number of hydrogen-bond donors (Lipinski definition) is 1. The molecule has 0 heterocycles. The van der Waals surface area contributed by atoms with Gasteiger partial charge in [0.1, 0.15) is 5.60 Å². The Kier molecular flexibility index (Phi) is 4.78. The van der Waals surface area contributed by atoms with Crippen molar-refractivity contribution in [1.29, 1.82) is 0 Å². The lowest BCUT2D eigenvalue weighted by atomic mass is 9.78. The lowest BCUT2D eigenvalue weighted by molar-refractivity contribution is 0.000989. The summed E-state index contributed by atoms with van der Waals surface area (Å²) in [5.74, 6) is 6.46. The second-order valence-corrected chi connectivity index (χ2v) is 4.91. The van der Waals surface area contributed by atoms with Crippen LogP contribution < -0.4 is 0 Å². The average Bonchev–Trinajstić information content (AvgIpc) is 2.35. The molecule has 0 saturated carbocycles. The summed E-state index contributed by atoms with van der Waals surface area (Å²) < 4.78 is 0. The minimum absolute atomic E-state index is 0.133. The van der Waals surface area contributed by atoms with Crippen LogP contribution in [0.1, 0.15) is 39.7 Å². The Balaban J connectivity index is 3.00. The van der Waals surface area contributed by atoms with Crippen molar-refractivity contribution in [3.63, 3.8) is 0 Å². The zero-order chi connectivity index (χ0) is 12.9. The normalized spacial score (nSPS) is 15.9. The molecule has 1 heteroatoms. The zero-order valence-electron chi connectivity index (χ0n) is 11.2. The molecule has 0 saturated heterocycles. The highest BCUT2D eigenvalue weighted by atomic mass is 16.3. The predicted octanol–water partition coefficient (Wildman–Crippen LogP) is 3.47. The number of aliphatic hydroxyl groups is 1. The molecule has 1 aromatic carbocycles. The van der Waals surface area contributed by atoms with E-state index < -0.39 is 5.60 Å². The van der Waals surface area contributed by atoms with E-state index in [1.807, 2.05) is 44.2 Å². The topological polar surface area (TPSA) is 20.2 Å². The molecule has 0 radical (unpaired) electrons. The van der Waals surface area contributed by atoms with Crippen molar-refractivity contribution in [1.82, 2.24) is 0 Å². The first-order valence-electron chi connectivity index (χ1n) is 6.31. The largest absolute Gasteiger partial charge is 0.377 e. The summed E-state index contributed by atoms with van der Waals surface area (Å²) in [5.41, 5.74) is 0.0554. The van der Waals surface area contributed by atoms with Crippen LogP contribution in [0, 0.1) is 23.7 Å². The lowest BCUT2D eigenvalue weighted by Gasteiger charge is -2.32. The van der Waals surface area contributed by atoms with Gasteiger partial charge < -0.3 is 5.11 Å². The first-order chi connectivity index (χ1) is 8.00. The van der Waals surface area contributed by atoms with E-state index >= 15 is 0 Å². The molecule has 1 N–H and O–H groups in total. The van der Waals surface area contributed by atoms with Crippen molar-refractivity contribution in [3.8, 4) is 11.8 Å². The fourth-order valence-corrected chi connectivity index (χ4v) is 1.84. The molecule has 92 valence electrons. The third-order valence-corrected chi connectivity index (χ3v) is 3.42. The molecule has 1 nitrogen and oxygen atoms in total. The number of benzene rings is 1. The summed E-state index contributed by atoms with van der Waals surface area (Å²) in [6.45, 7) is 8.18. The van der Waals surface area contributed by atoms with Gasteiger partial charge in [-0.05, 0) is 30.4 Å². The highest BCUT2D eigenvalue weighted by Crippen LogP contribution is 2.27. The summed E-state index contributed by atoms with van der Waals surface area (Å²) in [5, 5.41) is 10.6. The van der Waals surface area contributed by atoms with Crippen molar-refractivity contribution in [2.45, 2.75) is 39.7 Å². The zero-order valence-corrected chi connectivity index (χ0v) is 11.2. The molecule has 0 spiro atoms. The van der Waals surface area contributed by atoms with E-state index in [1.54, 1.807) is 0 Å². The van der Waals surface area contributed by atoms with E-state index in [0.29, 0.717) is 0 Å². The van der Waals surface area contributed by atoms with Gasteiger partial charge in [0.05, 0.1) is 0 Å². The van der Waals surface area contributed by atoms with Crippen molar-refractivity contribution < 1.29 is 5.11 Å².